The molecule has 0 amide bonds. The van der Waals surface area contributed by atoms with Crippen LogP contribution < -0.4 is 0 Å². The zero-order valence-electron chi connectivity index (χ0n) is 5.33. The van der Waals surface area contributed by atoms with Crippen molar-refractivity contribution in [3.8, 4) is 0 Å². The number of pyridine rings is 1. The summed E-state index contributed by atoms with van der Waals surface area (Å²) in [5.41, 5.74) is 0.412. The highest BCUT2D eigenvalue weighted by atomic mass is 35.5. The van der Waals surface area contributed by atoms with E-state index in [-0.39, 0.29) is 5.28 Å². The predicted octanol–water partition coefficient (Wildman–Crippen LogP) is 1.52. The lowest BCUT2D eigenvalue weighted by atomic mass is 10.5. The maximum Gasteiger partial charge on any atom is 0.243 e. The number of aromatic nitrogens is 3. The number of nitrogens with zero attached hydrogens (tertiary/aromatic N) is 3. The molecule has 5 heteroatoms. The fraction of sp³-hybridized carbons (Fsp3) is 0. The molecule has 0 aliphatic carbocycles. The van der Waals surface area contributed by atoms with Gasteiger partial charge in [-0.2, -0.15) is 13.9 Å². The number of hydrogen-bond donors (Lipinski definition) is 0. The molecule has 0 unspecified atom stereocenters. The summed E-state index contributed by atoms with van der Waals surface area (Å²) in [6.45, 7) is 0. The summed E-state index contributed by atoms with van der Waals surface area (Å²) in [7, 11) is 0. The van der Waals surface area contributed by atoms with Gasteiger partial charge in [-0.05, 0) is 23.7 Å². The van der Waals surface area contributed by atoms with Crippen LogP contribution in [0.5, 0.6) is 0 Å². The maximum atomic E-state index is 12.8. The van der Waals surface area contributed by atoms with Crippen molar-refractivity contribution >= 4 is 17.2 Å². The summed E-state index contributed by atoms with van der Waals surface area (Å²) < 4.78 is 13.8. The van der Waals surface area contributed by atoms with E-state index in [2.05, 4.69) is 10.1 Å². The smallest absolute Gasteiger partial charge is 0.197 e. The van der Waals surface area contributed by atoms with E-state index in [1.165, 1.54) is 6.07 Å². The second-order valence-corrected chi connectivity index (χ2v) is 2.34. The van der Waals surface area contributed by atoms with E-state index in [9.17, 15) is 4.39 Å². The third-order valence-corrected chi connectivity index (χ3v) is 1.45. The van der Waals surface area contributed by atoms with Crippen LogP contribution in [0.2, 0.25) is 5.28 Å². The molecule has 2 heterocycles. The molecule has 3 nitrogen and oxygen atoms in total. The van der Waals surface area contributed by atoms with E-state index in [0.29, 0.717) is 5.65 Å². The third-order valence-electron chi connectivity index (χ3n) is 1.29. The van der Waals surface area contributed by atoms with Crippen LogP contribution in [0.25, 0.3) is 5.65 Å². The van der Waals surface area contributed by atoms with Crippen molar-refractivity contribution in [3.05, 3.63) is 29.4 Å². The fourth-order valence-electron chi connectivity index (χ4n) is 0.847. The Labute approximate surface area is 66.4 Å². The van der Waals surface area contributed by atoms with Gasteiger partial charge in [0.25, 0.3) is 0 Å². The first-order valence-electron chi connectivity index (χ1n) is 2.94. The van der Waals surface area contributed by atoms with E-state index in [1.807, 2.05) is 0 Å². The summed E-state index contributed by atoms with van der Waals surface area (Å²) in [6.07, 6.45) is 0. The molecule has 2 aromatic rings. The number of halogens is 2. The fourth-order valence-corrected chi connectivity index (χ4v) is 1.01. The highest BCUT2D eigenvalue weighted by Gasteiger charge is 2.02. The molecular weight excluding hydrogens is 169 g/mol. The van der Waals surface area contributed by atoms with Crippen molar-refractivity contribution in [3.63, 3.8) is 0 Å². The molecule has 0 bridgehead atoms. The summed E-state index contributed by atoms with van der Waals surface area (Å²) in [4.78, 5) is 3.75. The summed E-state index contributed by atoms with van der Waals surface area (Å²) in [5.74, 6) is -0.470. The Morgan fingerprint density at radius 3 is 3.00 bits per heavy atom. The first-order valence-corrected chi connectivity index (χ1v) is 3.32. The molecule has 0 aliphatic rings. The van der Waals surface area contributed by atoms with E-state index >= 15 is 0 Å². The lowest BCUT2D eigenvalue weighted by molar-refractivity contribution is 0.545. The lowest BCUT2D eigenvalue weighted by Crippen LogP contribution is -1.92. The van der Waals surface area contributed by atoms with Gasteiger partial charge in [0.15, 0.2) is 5.65 Å². The van der Waals surface area contributed by atoms with Gasteiger partial charge in [0.05, 0.1) is 0 Å². The average Bonchev–Trinajstić information content (AvgIpc) is 2.31. The minimum atomic E-state index is -0.470. The average molecular weight is 172 g/mol. The zero-order valence-corrected chi connectivity index (χ0v) is 6.09. The quantitative estimate of drug-likeness (QED) is 0.563. The number of rotatable bonds is 0. The lowest BCUT2D eigenvalue weighted by Gasteiger charge is -1.89. The van der Waals surface area contributed by atoms with Crippen molar-refractivity contribution in [2.75, 3.05) is 0 Å². The first kappa shape index (κ1) is 6.54. The SMILES string of the molecule is Fc1cccc2nc(Cl)nn12. The minimum Gasteiger partial charge on any atom is -0.197 e. The molecule has 0 fully saturated rings. The van der Waals surface area contributed by atoms with Crippen LogP contribution in [0.15, 0.2) is 18.2 Å². The Hall–Kier alpha value is -1.16. The Balaban J connectivity index is 2.90. The van der Waals surface area contributed by atoms with Gasteiger partial charge in [-0.25, -0.2) is 0 Å². The summed E-state index contributed by atoms with van der Waals surface area (Å²) in [5, 5.41) is 3.66. The van der Waals surface area contributed by atoms with Crippen LogP contribution >= 0.6 is 11.6 Å². The molecular formula is C6H3ClFN3. The molecule has 56 valence electrons. The number of fused-ring (bicyclic) bond motifs is 1. The molecule has 0 aliphatic heterocycles. The highest BCUT2D eigenvalue weighted by Crippen LogP contribution is 2.06. The van der Waals surface area contributed by atoms with Gasteiger partial charge >= 0.3 is 0 Å². The number of hydrogen-bond acceptors (Lipinski definition) is 2. The molecule has 0 saturated carbocycles. The van der Waals surface area contributed by atoms with E-state index in [0.717, 1.165) is 4.52 Å². The standard InChI is InChI=1S/C6H3ClFN3/c7-6-9-5-3-1-2-4(8)11(5)10-6/h1-3H. The van der Waals surface area contributed by atoms with Crippen molar-refractivity contribution in [1.82, 2.24) is 14.6 Å². The topological polar surface area (TPSA) is 30.2 Å². The summed E-state index contributed by atoms with van der Waals surface area (Å²) >= 11 is 5.45. The molecule has 0 spiro atoms. The Morgan fingerprint density at radius 1 is 1.45 bits per heavy atom. The molecule has 2 rings (SSSR count). The van der Waals surface area contributed by atoms with Gasteiger partial charge in [0.1, 0.15) is 0 Å². The van der Waals surface area contributed by atoms with Crippen molar-refractivity contribution in [1.29, 1.82) is 0 Å². The highest BCUT2D eigenvalue weighted by molar-refractivity contribution is 6.28. The largest absolute Gasteiger partial charge is 0.243 e. The Kier molecular flexibility index (Phi) is 1.29. The van der Waals surface area contributed by atoms with Gasteiger partial charge in [0.2, 0.25) is 11.2 Å². The van der Waals surface area contributed by atoms with Crippen molar-refractivity contribution in [2.45, 2.75) is 0 Å². The maximum absolute atomic E-state index is 12.8. The van der Waals surface area contributed by atoms with Gasteiger partial charge in [-0.3, -0.25) is 0 Å². The Morgan fingerprint density at radius 2 is 2.27 bits per heavy atom. The van der Waals surface area contributed by atoms with Gasteiger partial charge in [-0.1, -0.05) is 6.07 Å². The van der Waals surface area contributed by atoms with Crippen LogP contribution in [0, 0.1) is 5.95 Å². The molecule has 0 radical (unpaired) electrons. The van der Waals surface area contributed by atoms with Crippen LogP contribution in [0.1, 0.15) is 0 Å². The molecule has 2 aromatic heterocycles. The molecule has 0 saturated heterocycles. The van der Waals surface area contributed by atoms with E-state index in [4.69, 9.17) is 11.6 Å². The van der Waals surface area contributed by atoms with Crippen LogP contribution in [0.3, 0.4) is 0 Å². The van der Waals surface area contributed by atoms with Crippen molar-refractivity contribution < 1.29 is 4.39 Å². The van der Waals surface area contributed by atoms with Crippen molar-refractivity contribution in [2.24, 2.45) is 0 Å². The predicted molar refractivity (Wildman–Crippen MR) is 38.0 cm³/mol. The minimum absolute atomic E-state index is 0.0510. The van der Waals surface area contributed by atoms with Crippen LogP contribution in [-0.2, 0) is 0 Å². The second-order valence-electron chi connectivity index (χ2n) is 2.00. The first-order chi connectivity index (χ1) is 5.27. The molecule has 0 N–H and O–H groups in total. The monoisotopic (exact) mass is 171 g/mol. The van der Waals surface area contributed by atoms with E-state index < -0.39 is 5.95 Å². The van der Waals surface area contributed by atoms with Gasteiger partial charge in [0, 0.05) is 0 Å². The molecule has 0 atom stereocenters. The third kappa shape index (κ3) is 0.952. The van der Waals surface area contributed by atoms with E-state index in [1.54, 1.807) is 12.1 Å². The zero-order chi connectivity index (χ0) is 7.84. The van der Waals surface area contributed by atoms with Gasteiger partial charge < -0.3 is 0 Å². The normalized spacial score (nSPS) is 10.7. The van der Waals surface area contributed by atoms with Crippen LogP contribution in [-0.4, -0.2) is 14.6 Å². The second kappa shape index (κ2) is 2.17. The van der Waals surface area contributed by atoms with Gasteiger partial charge in [-0.15, -0.1) is 5.10 Å². The molecule has 0 aromatic carbocycles. The molecule has 11 heavy (non-hydrogen) atoms. The Bertz CT molecular complexity index is 398. The van der Waals surface area contributed by atoms with Crippen LogP contribution in [0.4, 0.5) is 4.39 Å². The summed E-state index contributed by atoms with van der Waals surface area (Å²) in [6, 6.07) is 4.47.